The summed E-state index contributed by atoms with van der Waals surface area (Å²) in [6.07, 6.45) is 0. The molecule has 0 fully saturated rings. The number of aryl methyl sites for hydroxylation is 1. The number of aliphatic carboxylic acids is 1. The van der Waals surface area contributed by atoms with Crippen LogP contribution in [0.5, 0.6) is 5.75 Å². The topological polar surface area (TPSA) is 75.8 Å². The Morgan fingerprint density at radius 2 is 2.00 bits per heavy atom. The first-order valence-electron chi connectivity index (χ1n) is 6.13. The fourth-order valence-corrected chi connectivity index (χ4v) is 2.22. The minimum absolute atomic E-state index is 0.265. The largest absolute Gasteiger partial charge is 0.496 e. The molecule has 0 aliphatic rings. The summed E-state index contributed by atoms with van der Waals surface area (Å²) in [5.74, 6) is -0.122. The Labute approximate surface area is 114 Å². The predicted molar refractivity (Wildman–Crippen MR) is 76.1 cm³/mol. The molecule has 1 unspecified atom stereocenters. The van der Waals surface area contributed by atoms with E-state index in [9.17, 15) is 4.79 Å². The number of hydrogen-bond acceptors (Lipinski definition) is 4. The van der Waals surface area contributed by atoms with Gasteiger partial charge in [-0.25, -0.2) is 0 Å². The fourth-order valence-electron chi connectivity index (χ4n) is 2.22. The molecule has 0 aliphatic carbocycles. The monoisotopic (exact) mass is 266 g/mol. The smallest absolute Gasteiger partial charge is 0.322 e. The lowest BCUT2D eigenvalue weighted by atomic mass is 10.0. The van der Waals surface area contributed by atoms with Gasteiger partial charge in [0.05, 0.1) is 7.11 Å². The maximum atomic E-state index is 10.8. The maximum Gasteiger partial charge on any atom is 0.322 e. The van der Waals surface area contributed by atoms with Crippen molar-refractivity contribution in [3.8, 4) is 5.75 Å². The normalized spacial score (nSPS) is 12.1. The molecule has 0 aliphatic heterocycles. The van der Waals surface area contributed by atoms with E-state index in [-0.39, 0.29) is 6.54 Å². The van der Waals surface area contributed by atoms with Crippen LogP contribution in [0.25, 0.3) is 0 Å². The SMILES string of the molecule is COc1c(C)cc(N(C)CC(N)C(=O)O)c(C)c1C. The average Bonchev–Trinajstić information content (AvgIpc) is 2.34. The molecule has 0 bridgehead atoms. The molecule has 0 radical (unpaired) electrons. The van der Waals surface area contributed by atoms with Crippen LogP contribution in [-0.2, 0) is 4.79 Å². The van der Waals surface area contributed by atoms with Crippen LogP contribution in [0.1, 0.15) is 16.7 Å². The molecule has 0 heterocycles. The van der Waals surface area contributed by atoms with Gasteiger partial charge in [0.1, 0.15) is 11.8 Å². The molecule has 0 spiro atoms. The van der Waals surface area contributed by atoms with Crippen molar-refractivity contribution in [3.63, 3.8) is 0 Å². The van der Waals surface area contributed by atoms with Crippen LogP contribution in [0.2, 0.25) is 0 Å². The number of likely N-dealkylation sites (N-methyl/N-ethyl adjacent to an activating group) is 1. The number of anilines is 1. The third-order valence-corrected chi connectivity index (χ3v) is 3.40. The van der Waals surface area contributed by atoms with Gasteiger partial charge in [-0.1, -0.05) is 0 Å². The molecule has 0 amide bonds. The quantitative estimate of drug-likeness (QED) is 0.844. The van der Waals surface area contributed by atoms with Crippen LogP contribution in [0.3, 0.4) is 0 Å². The number of carbonyl (C=O) groups is 1. The van der Waals surface area contributed by atoms with Gasteiger partial charge in [-0.05, 0) is 43.5 Å². The molecule has 1 aromatic rings. The Morgan fingerprint density at radius 3 is 2.47 bits per heavy atom. The summed E-state index contributed by atoms with van der Waals surface area (Å²) in [4.78, 5) is 12.7. The number of ether oxygens (including phenoxy) is 1. The van der Waals surface area contributed by atoms with E-state index in [0.29, 0.717) is 0 Å². The van der Waals surface area contributed by atoms with E-state index >= 15 is 0 Å². The second-order valence-corrected chi connectivity index (χ2v) is 4.82. The summed E-state index contributed by atoms with van der Waals surface area (Å²) in [7, 11) is 3.50. The zero-order valence-corrected chi connectivity index (χ0v) is 12.2. The highest BCUT2D eigenvalue weighted by Crippen LogP contribution is 2.32. The van der Waals surface area contributed by atoms with E-state index < -0.39 is 12.0 Å². The molecule has 1 atom stereocenters. The van der Waals surface area contributed by atoms with E-state index in [0.717, 1.165) is 28.1 Å². The van der Waals surface area contributed by atoms with Crippen molar-refractivity contribution in [2.24, 2.45) is 5.73 Å². The Balaban J connectivity index is 3.11. The lowest BCUT2D eigenvalue weighted by Gasteiger charge is -2.26. The number of nitrogens with zero attached hydrogens (tertiary/aromatic N) is 1. The van der Waals surface area contributed by atoms with Crippen molar-refractivity contribution < 1.29 is 14.6 Å². The maximum absolute atomic E-state index is 10.8. The number of carboxylic acid groups (broad SMARTS) is 1. The Morgan fingerprint density at radius 1 is 1.42 bits per heavy atom. The van der Waals surface area contributed by atoms with Crippen molar-refractivity contribution in [2.45, 2.75) is 26.8 Å². The number of rotatable bonds is 5. The average molecular weight is 266 g/mol. The van der Waals surface area contributed by atoms with E-state index in [1.165, 1.54) is 0 Å². The predicted octanol–water partition coefficient (Wildman–Crippen LogP) is 1.47. The summed E-state index contributed by atoms with van der Waals surface area (Å²) >= 11 is 0. The molecule has 3 N–H and O–H groups in total. The zero-order chi connectivity index (χ0) is 14.7. The van der Waals surface area contributed by atoms with Gasteiger partial charge >= 0.3 is 5.97 Å². The third kappa shape index (κ3) is 3.17. The van der Waals surface area contributed by atoms with Gasteiger partial charge < -0.3 is 20.5 Å². The van der Waals surface area contributed by atoms with Gasteiger partial charge in [0, 0.05) is 19.3 Å². The van der Waals surface area contributed by atoms with Crippen LogP contribution in [0.4, 0.5) is 5.69 Å². The van der Waals surface area contributed by atoms with Crippen LogP contribution in [-0.4, -0.2) is 37.8 Å². The summed E-state index contributed by atoms with van der Waals surface area (Å²) in [5, 5.41) is 8.87. The minimum atomic E-state index is -0.994. The van der Waals surface area contributed by atoms with Crippen molar-refractivity contribution in [1.29, 1.82) is 0 Å². The van der Waals surface area contributed by atoms with Gasteiger partial charge in [0.2, 0.25) is 0 Å². The summed E-state index contributed by atoms with van der Waals surface area (Å²) in [6, 6.07) is 1.10. The lowest BCUT2D eigenvalue weighted by Crippen LogP contribution is -2.41. The molecule has 19 heavy (non-hydrogen) atoms. The van der Waals surface area contributed by atoms with E-state index in [1.54, 1.807) is 7.11 Å². The standard InChI is InChI=1S/C14H22N2O3/c1-8-6-12(9(2)10(3)13(8)19-5)16(4)7-11(15)14(17)18/h6,11H,7,15H2,1-5H3,(H,17,18). The van der Waals surface area contributed by atoms with Crippen molar-refractivity contribution in [1.82, 2.24) is 0 Å². The highest BCUT2D eigenvalue weighted by molar-refractivity contribution is 5.74. The first kappa shape index (κ1) is 15.3. The summed E-state index contributed by atoms with van der Waals surface area (Å²) < 4.78 is 5.37. The van der Waals surface area contributed by atoms with Gasteiger partial charge in [0.25, 0.3) is 0 Å². The summed E-state index contributed by atoms with van der Waals surface area (Å²) in [5.41, 5.74) is 9.71. The fraction of sp³-hybridized carbons (Fsp3) is 0.500. The molecule has 0 saturated heterocycles. The van der Waals surface area contributed by atoms with Crippen LogP contribution in [0.15, 0.2) is 6.07 Å². The molecular weight excluding hydrogens is 244 g/mol. The first-order valence-corrected chi connectivity index (χ1v) is 6.13. The van der Waals surface area contributed by atoms with Crippen molar-refractivity contribution in [2.75, 3.05) is 25.6 Å². The number of carboxylic acids is 1. The second-order valence-electron chi connectivity index (χ2n) is 4.82. The van der Waals surface area contributed by atoms with Gasteiger partial charge in [-0.3, -0.25) is 4.79 Å². The number of methoxy groups -OCH3 is 1. The number of benzene rings is 1. The van der Waals surface area contributed by atoms with Crippen molar-refractivity contribution >= 4 is 11.7 Å². The highest BCUT2D eigenvalue weighted by atomic mass is 16.5. The van der Waals surface area contributed by atoms with E-state index in [2.05, 4.69) is 0 Å². The van der Waals surface area contributed by atoms with E-state index in [1.807, 2.05) is 38.8 Å². The molecular formula is C14H22N2O3. The van der Waals surface area contributed by atoms with Gasteiger partial charge in [0.15, 0.2) is 0 Å². The molecule has 0 aromatic heterocycles. The molecule has 0 saturated carbocycles. The molecule has 106 valence electrons. The zero-order valence-electron chi connectivity index (χ0n) is 12.2. The van der Waals surface area contributed by atoms with Crippen molar-refractivity contribution in [3.05, 3.63) is 22.8 Å². The highest BCUT2D eigenvalue weighted by Gasteiger charge is 2.18. The second kappa shape index (κ2) is 5.93. The van der Waals surface area contributed by atoms with Crippen LogP contribution < -0.4 is 15.4 Å². The minimum Gasteiger partial charge on any atom is -0.496 e. The molecule has 1 rings (SSSR count). The van der Waals surface area contributed by atoms with Crippen LogP contribution in [0, 0.1) is 20.8 Å². The molecule has 5 heteroatoms. The van der Waals surface area contributed by atoms with E-state index in [4.69, 9.17) is 15.6 Å². The Bertz CT molecular complexity index is 486. The Hall–Kier alpha value is -1.75. The van der Waals surface area contributed by atoms with Gasteiger partial charge in [-0.2, -0.15) is 0 Å². The van der Waals surface area contributed by atoms with Crippen LogP contribution >= 0.6 is 0 Å². The Kier molecular flexibility index (Phi) is 4.78. The molecule has 5 nitrogen and oxygen atoms in total. The van der Waals surface area contributed by atoms with Gasteiger partial charge in [-0.15, -0.1) is 0 Å². The third-order valence-electron chi connectivity index (χ3n) is 3.40. The number of nitrogens with two attached hydrogens (primary N) is 1. The lowest BCUT2D eigenvalue weighted by molar-refractivity contribution is -0.138. The summed E-state index contributed by atoms with van der Waals surface area (Å²) in [6.45, 7) is 6.23. The molecule has 1 aromatic carbocycles. The first-order chi connectivity index (χ1) is 8.79. The number of hydrogen-bond donors (Lipinski definition) is 2.